The Morgan fingerprint density at radius 3 is 2.51 bits per heavy atom. The first-order chi connectivity index (χ1) is 19.7. The molecule has 3 aromatic carbocycles. The van der Waals surface area contributed by atoms with E-state index in [1.807, 2.05) is 36.4 Å². The summed E-state index contributed by atoms with van der Waals surface area (Å²) in [4.78, 5) is 20.1. The number of hydrogen-bond acceptors (Lipinski definition) is 7. The maximum atomic E-state index is 13.3. The van der Waals surface area contributed by atoms with Crippen LogP contribution in [0.3, 0.4) is 0 Å². The molecule has 0 saturated carbocycles. The highest BCUT2D eigenvalue weighted by molar-refractivity contribution is 6.31. The van der Waals surface area contributed by atoms with Crippen LogP contribution in [0.1, 0.15) is 45.1 Å². The normalized spacial score (nSPS) is 15.9. The minimum atomic E-state index is -0.205. The number of methoxy groups -OCH3 is 1. The lowest BCUT2D eigenvalue weighted by Crippen LogP contribution is -2.40. The van der Waals surface area contributed by atoms with E-state index in [4.69, 9.17) is 25.6 Å². The van der Waals surface area contributed by atoms with E-state index in [0.29, 0.717) is 47.0 Å². The minimum Gasteiger partial charge on any atom is -0.497 e. The van der Waals surface area contributed by atoms with Crippen LogP contribution in [-0.4, -0.2) is 41.1 Å². The molecule has 214 valence electrons. The number of anilines is 1. The number of aromatic nitrogens is 2. The van der Waals surface area contributed by atoms with E-state index in [1.54, 1.807) is 25.3 Å². The van der Waals surface area contributed by atoms with E-state index < -0.39 is 0 Å². The van der Waals surface area contributed by atoms with E-state index in [9.17, 15) is 4.79 Å². The van der Waals surface area contributed by atoms with E-state index in [-0.39, 0.29) is 17.2 Å². The van der Waals surface area contributed by atoms with Crippen LogP contribution >= 0.6 is 11.6 Å². The molecule has 41 heavy (non-hydrogen) atoms. The van der Waals surface area contributed by atoms with Crippen LogP contribution < -0.4 is 14.8 Å². The van der Waals surface area contributed by atoms with Crippen molar-refractivity contribution < 1.29 is 18.8 Å². The van der Waals surface area contributed by atoms with Gasteiger partial charge >= 0.3 is 0 Å². The fraction of sp³-hybridized carbons (Fsp3) is 0.344. The minimum absolute atomic E-state index is 0.0793. The van der Waals surface area contributed by atoms with Gasteiger partial charge in [0.15, 0.2) is 5.75 Å². The highest BCUT2D eigenvalue weighted by Crippen LogP contribution is 2.34. The molecule has 1 aliphatic rings. The second-order valence-corrected chi connectivity index (χ2v) is 11.8. The van der Waals surface area contributed by atoms with Gasteiger partial charge in [0.1, 0.15) is 11.5 Å². The molecule has 8 nitrogen and oxygen atoms in total. The number of carbonyl (C=O) groups is 1. The molecule has 2 heterocycles. The molecule has 1 aromatic heterocycles. The standard InChI is InChI=1S/C32H35ClN4O4/c1-32(2,3)23-9-7-21(8-10-23)30-35-29(41-36-30)20-37-17-5-6-22(19-37)31(38)34-27-18-24(33)11-16-28(27)40-26-14-12-25(39-4)13-15-26/h7-16,18,22H,5-6,17,19-20H2,1-4H3,(H,34,38). The molecule has 1 fully saturated rings. The number of nitrogens with zero attached hydrogens (tertiary/aromatic N) is 3. The van der Waals surface area contributed by atoms with E-state index in [0.717, 1.165) is 30.7 Å². The Labute approximate surface area is 245 Å². The number of rotatable bonds is 8. The molecule has 1 aliphatic heterocycles. The van der Waals surface area contributed by atoms with Crippen molar-refractivity contribution in [3.63, 3.8) is 0 Å². The Hall–Kier alpha value is -3.88. The average molecular weight is 575 g/mol. The molecule has 0 spiro atoms. The molecular weight excluding hydrogens is 540 g/mol. The highest BCUT2D eigenvalue weighted by atomic mass is 35.5. The third kappa shape index (κ3) is 7.26. The van der Waals surface area contributed by atoms with Gasteiger partial charge in [0.25, 0.3) is 0 Å². The Bertz CT molecular complexity index is 1480. The third-order valence-corrected chi connectivity index (χ3v) is 7.43. The van der Waals surface area contributed by atoms with Gasteiger partial charge in [-0.1, -0.05) is 61.8 Å². The van der Waals surface area contributed by atoms with Crippen molar-refractivity contribution in [2.45, 2.75) is 45.6 Å². The van der Waals surface area contributed by atoms with Crippen LogP contribution in [0.2, 0.25) is 5.02 Å². The number of ether oxygens (including phenoxy) is 2. The first-order valence-electron chi connectivity index (χ1n) is 13.8. The van der Waals surface area contributed by atoms with Gasteiger partial charge in [-0.05, 0) is 72.8 Å². The molecule has 0 radical (unpaired) electrons. The summed E-state index contributed by atoms with van der Waals surface area (Å²) >= 11 is 6.26. The van der Waals surface area contributed by atoms with Gasteiger partial charge in [-0.2, -0.15) is 4.98 Å². The topological polar surface area (TPSA) is 89.7 Å². The molecule has 0 bridgehead atoms. The predicted molar refractivity (Wildman–Crippen MR) is 160 cm³/mol. The second-order valence-electron chi connectivity index (χ2n) is 11.3. The Kier molecular flexibility index (Phi) is 8.61. The fourth-order valence-electron chi connectivity index (χ4n) is 4.85. The maximum Gasteiger partial charge on any atom is 0.241 e. The monoisotopic (exact) mass is 574 g/mol. The van der Waals surface area contributed by atoms with Crippen molar-refractivity contribution in [3.8, 4) is 28.6 Å². The number of benzene rings is 3. The van der Waals surface area contributed by atoms with Gasteiger partial charge < -0.3 is 19.3 Å². The van der Waals surface area contributed by atoms with Crippen molar-refractivity contribution in [1.29, 1.82) is 0 Å². The highest BCUT2D eigenvalue weighted by Gasteiger charge is 2.28. The van der Waals surface area contributed by atoms with Crippen LogP contribution in [0.4, 0.5) is 5.69 Å². The SMILES string of the molecule is COc1ccc(Oc2ccc(Cl)cc2NC(=O)C2CCCN(Cc3nc(-c4ccc(C(C)(C)C)cc4)no3)C2)cc1. The number of likely N-dealkylation sites (tertiary alicyclic amines) is 1. The summed E-state index contributed by atoms with van der Waals surface area (Å²) in [5, 5.41) is 7.74. The van der Waals surface area contributed by atoms with Crippen molar-refractivity contribution in [1.82, 2.24) is 15.0 Å². The van der Waals surface area contributed by atoms with Gasteiger partial charge in [0, 0.05) is 17.1 Å². The molecule has 1 saturated heterocycles. The van der Waals surface area contributed by atoms with Crippen molar-refractivity contribution in [3.05, 3.63) is 83.2 Å². The van der Waals surface area contributed by atoms with Crippen LogP contribution in [0, 0.1) is 5.92 Å². The summed E-state index contributed by atoms with van der Waals surface area (Å²) < 4.78 is 16.8. The molecular formula is C32H35ClN4O4. The lowest BCUT2D eigenvalue weighted by atomic mass is 9.87. The van der Waals surface area contributed by atoms with Gasteiger partial charge in [0.05, 0.1) is 25.3 Å². The largest absolute Gasteiger partial charge is 0.497 e. The fourth-order valence-corrected chi connectivity index (χ4v) is 5.03. The number of piperidine rings is 1. The smallest absolute Gasteiger partial charge is 0.241 e. The van der Waals surface area contributed by atoms with Crippen LogP contribution in [-0.2, 0) is 16.8 Å². The summed E-state index contributed by atoms with van der Waals surface area (Å²) in [6, 6.07) is 20.7. The first kappa shape index (κ1) is 28.6. The summed E-state index contributed by atoms with van der Waals surface area (Å²) in [7, 11) is 1.61. The summed E-state index contributed by atoms with van der Waals surface area (Å²) in [6.07, 6.45) is 1.67. The number of amides is 1. The van der Waals surface area contributed by atoms with Crippen LogP contribution in [0.5, 0.6) is 17.2 Å². The molecule has 0 aliphatic carbocycles. The second kappa shape index (κ2) is 12.3. The summed E-state index contributed by atoms with van der Waals surface area (Å²) in [6.45, 7) is 8.48. The van der Waals surface area contributed by atoms with Gasteiger partial charge in [-0.3, -0.25) is 9.69 Å². The molecule has 1 atom stereocenters. The molecule has 9 heteroatoms. The lowest BCUT2D eigenvalue weighted by molar-refractivity contribution is -0.121. The van der Waals surface area contributed by atoms with Gasteiger partial charge in [0.2, 0.25) is 17.6 Å². The van der Waals surface area contributed by atoms with Crippen LogP contribution in [0.25, 0.3) is 11.4 Å². The van der Waals surface area contributed by atoms with Crippen molar-refractivity contribution >= 4 is 23.2 Å². The quantitative estimate of drug-likeness (QED) is 0.235. The summed E-state index contributed by atoms with van der Waals surface area (Å²) in [5.41, 5.74) is 2.77. The zero-order valence-electron chi connectivity index (χ0n) is 23.8. The maximum absolute atomic E-state index is 13.3. The van der Waals surface area contributed by atoms with Crippen molar-refractivity contribution in [2.24, 2.45) is 5.92 Å². The van der Waals surface area contributed by atoms with E-state index >= 15 is 0 Å². The lowest BCUT2D eigenvalue weighted by Gasteiger charge is -2.31. The number of nitrogens with one attached hydrogen (secondary N) is 1. The molecule has 5 rings (SSSR count). The molecule has 1 unspecified atom stereocenters. The first-order valence-corrected chi connectivity index (χ1v) is 14.1. The summed E-state index contributed by atoms with van der Waals surface area (Å²) in [5.74, 6) is 2.68. The Morgan fingerprint density at radius 2 is 1.80 bits per heavy atom. The Morgan fingerprint density at radius 1 is 1.07 bits per heavy atom. The van der Waals surface area contributed by atoms with Gasteiger partial charge in [-0.25, -0.2) is 0 Å². The predicted octanol–water partition coefficient (Wildman–Crippen LogP) is 7.34. The zero-order chi connectivity index (χ0) is 29.0. The number of carbonyl (C=O) groups excluding carboxylic acids is 1. The number of halogens is 1. The van der Waals surface area contributed by atoms with Crippen molar-refractivity contribution in [2.75, 3.05) is 25.5 Å². The van der Waals surface area contributed by atoms with Gasteiger partial charge in [-0.15, -0.1) is 0 Å². The molecule has 1 amide bonds. The third-order valence-electron chi connectivity index (χ3n) is 7.20. The average Bonchev–Trinajstić information content (AvgIpc) is 3.43. The molecule has 1 N–H and O–H groups in total. The number of hydrogen-bond donors (Lipinski definition) is 1. The van der Waals surface area contributed by atoms with E-state index in [2.05, 4.69) is 53.3 Å². The zero-order valence-corrected chi connectivity index (χ0v) is 24.6. The Balaban J connectivity index is 1.21. The van der Waals surface area contributed by atoms with Crippen LogP contribution in [0.15, 0.2) is 71.3 Å². The molecule has 4 aromatic rings. The van der Waals surface area contributed by atoms with E-state index in [1.165, 1.54) is 5.56 Å².